The summed E-state index contributed by atoms with van der Waals surface area (Å²) in [4.78, 5) is 27.6. The summed E-state index contributed by atoms with van der Waals surface area (Å²) in [5, 5.41) is 14.1. The van der Waals surface area contributed by atoms with Crippen LogP contribution in [0.5, 0.6) is 5.75 Å². The molecular formula is C16H23N3O5S. The average molecular weight is 369 g/mol. The van der Waals surface area contributed by atoms with E-state index in [9.17, 15) is 15.0 Å². The Bertz CT molecular complexity index is 620. The molecule has 0 aliphatic carbocycles. The molecule has 2 rings (SSSR count). The highest BCUT2D eigenvalue weighted by Gasteiger charge is 2.27. The third-order valence-corrected chi connectivity index (χ3v) is 5.05. The molecule has 1 unspecified atom stereocenters. The summed E-state index contributed by atoms with van der Waals surface area (Å²) in [6, 6.07) is 5.83. The summed E-state index contributed by atoms with van der Waals surface area (Å²) in [5.41, 5.74) is 0.660. The molecule has 0 bridgehead atoms. The number of thioether (sulfide) groups is 1. The van der Waals surface area contributed by atoms with Gasteiger partial charge in [0.05, 0.1) is 22.3 Å². The minimum Gasteiger partial charge on any atom is -0.490 e. The Morgan fingerprint density at radius 2 is 2.20 bits per heavy atom. The molecule has 1 aliphatic rings. The molecule has 0 aromatic heterocycles. The molecule has 0 saturated carbocycles. The second kappa shape index (κ2) is 8.37. The Kier molecular flexibility index (Phi) is 6.46. The van der Waals surface area contributed by atoms with E-state index in [4.69, 9.17) is 9.57 Å². The van der Waals surface area contributed by atoms with Gasteiger partial charge >= 0.3 is 0 Å². The highest BCUT2D eigenvalue weighted by molar-refractivity contribution is 7.99. The molecule has 1 aliphatic heterocycles. The molecule has 138 valence electrons. The van der Waals surface area contributed by atoms with E-state index in [1.165, 1.54) is 10.6 Å². The Hall–Kier alpha value is -2.03. The minimum atomic E-state index is -0.920. The first-order chi connectivity index (χ1) is 11.8. The maximum atomic E-state index is 11.0. The SMILES string of the molecule is CC(C)(C)N(CC(COc1cccc2c1SCCC2)O[N+](=O)[O-])N=O. The molecule has 0 spiro atoms. The number of aryl methyl sites for hydroxylation is 1. The zero-order valence-electron chi connectivity index (χ0n) is 14.6. The van der Waals surface area contributed by atoms with Crippen LogP contribution in [-0.2, 0) is 11.3 Å². The molecule has 1 atom stereocenters. The highest BCUT2D eigenvalue weighted by Crippen LogP contribution is 2.37. The van der Waals surface area contributed by atoms with Crippen molar-refractivity contribution in [2.45, 2.75) is 50.2 Å². The summed E-state index contributed by atoms with van der Waals surface area (Å²) in [6.45, 7) is 5.31. The zero-order chi connectivity index (χ0) is 18.4. The largest absolute Gasteiger partial charge is 0.490 e. The number of rotatable bonds is 8. The lowest BCUT2D eigenvalue weighted by Gasteiger charge is -2.32. The van der Waals surface area contributed by atoms with Gasteiger partial charge in [0, 0.05) is 0 Å². The third kappa shape index (κ3) is 5.48. The average Bonchev–Trinajstić information content (AvgIpc) is 2.55. The van der Waals surface area contributed by atoms with Crippen LogP contribution in [0.1, 0.15) is 32.8 Å². The van der Waals surface area contributed by atoms with E-state index in [1.54, 1.807) is 32.5 Å². The number of hydrogen-bond donors (Lipinski definition) is 0. The van der Waals surface area contributed by atoms with Gasteiger partial charge in [-0.1, -0.05) is 12.1 Å². The maximum Gasteiger partial charge on any atom is 0.294 e. The van der Waals surface area contributed by atoms with Gasteiger partial charge in [-0.15, -0.1) is 26.8 Å². The van der Waals surface area contributed by atoms with Gasteiger partial charge in [-0.3, -0.25) is 5.01 Å². The molecular weight excluding hydrogens is 346 g/mol. The van der Waals surface area contributed by atoms with Crippen LogP contribution in [0.2, 0.25) is 0 Å². The molecule has 1 aromatic rings. The van der Waals surface area contributed by atoms with Gasteiger partial charge in [-0.25, -0.2) is 0 Å². The van der Waals surface area contributed by atoms with E-state index in [0.29, 0.717) is 5.75 Å². The van der Waals surface area contributed by atoms with Crippen LogP contribution in [0.15, 0.2) is 28.4 Å². The molecule has 9 heteroatoms. The summed E-state index contributed by atoms with van der Waals surface area (Å²) >= 11 is 1.72. The van der Waals surface area contributed by atoms with Crippen molar-refractivity contribution >= 4 is 11.8 Å². The number of fused-ring (bicyclic) bond motifs is 1. The lowest BCUT2D eigenvalue weighted by Crippen LogP contribution is -2.44. The lowest BCUT2D eigenvalue weighted by atomic mass is 10.1. The summed E-state index contributed by atoms with van der Waals surface area (Å²) in [5.74, 6) is 1.72. The van der Waals surface area contributed by atoms with Gasteiger partial charge in [0.1, 0.15) is 12.4 Å². The van der Waals surface area contributed by atoms with Crippen LogP contribution < -0.4 is 4.74 Å². The first-order valence-corrected chi connectivity index (χ1v) is 9.09. The fourth-order valence-electron chi connectivity index (χ4n) is 2.52. The predicted molar refractivity (Wildman–Crippen MR) is 95.1 cm³/mol. The maximum absolute atomic E-state index is 11.0. The van der Waals surface area contributed by atoms with Crippen LogP contribution in [0.25, 0.3) is 0 Å². The summed E-state index contributed by atoms with van der Waals surface area (Å²) < 4.78 is 5.80. The third-order valence-electron chi connectivity index (χ3n) is 3.81. The van der Waals surface area contributed by atoms with E-state index in [2.05, 4.69) is 11.4 Å². The van der Waals surface area contributed by atoms with Crippen molar-refractivity contribution in [2.75, 3.05) is 18.9 Å². The fourth-order valence-corrected chi connectivity index (χ4v) is 3.63. The number of hydrogen-bond acceptors (Lipinski definition) is 7. The Morgan fingerprint density at radius 1 is 1.44 bits per heavy atom. The first kappa shape index (κ1) is 19.3. The topological polar surface area (TPSA) is 94.3 Å². The van der Waals surface area contributed by atoms with Gasteiger partial charge in [0.2, 0.25) is 0 Å². The van der Waals surface area contributed by atoms with E-state index < -0.39 is 16.7 Å². The Labute approximate surface area is 150 Å². The molecule has 0 radical (unpaired) electrons. The van der Waals surface area contributed by atoms with Gasteiger partial charge in [-0.05, 0) is 51.0 Å². The van der Waals surface area contributed by atoms with E-state index in [1.807, 2.05) is 12.1 Å². The quantitative estimate of drug-likeness (QED) is 0.393. The van der Waals surface area contributed by atoms with Gasteiger partial charge in [0.25, 0.3) is 5.09 Å². The second-order valence-corrected chi connectivity index (χ2v) is 7.90. The Balaban J connectivity index is 2.07. The van der Waals surface area contributed by atoms with E-state index in [0.717, 1.165) is 23.5 Å². The molecule has 25 heavy (non-hydrogen) atoms. The van der Waals surface area contributed by atoms with Crippen molar-refractivity contribution in [3.8, 4) is 5.75 Å². The smallest absolute Gasteiger partial charge is 0.294 e. The van der Waals surface area contributed by atoms with Gasteiger partial charge < -0.3 is 9.57 Å². The molecule has 1 heterocycles. The lowest BCUT2D eigenvalue weighted by molar-refractivity contribution is -0.768. The monoisotopic (exact) mass is 369 g/mol. The van der Waals surface area contributed by atoms with Crippen molar-refractivity contribution in [3.63, 3.8) is 0 Å². The number of nitroso groups, excluding NO2 is 1. The fraction of sp³-hybridized carbons (Fsp3) is 0.625. The van der Waals surface area contributed by atoms with Crippen molar-refractivity contribution < 1.29 is 14.7 Å². The van der Waals surface area contributed by atoms with Crippen LogP contribution in [0, 0.1) is 15.0 Å². The summed E-state index contributed by atoms with van der Waals surface area (Å²) in [6.07, 6.45) is 1.21. The first-order valence-electron chi connectivity index (χ1n) is 8.11. The minimum absolute atomic E-state index is 0.0316. The van der Waals surface area contributed by atoms with Crippen molar-refractivity contribution in [1.29, 1.82) is 0 Å². The standard InChI is InChI=1S/C16H23N3O5S/c1-16(2,3)18(17-20)10-13(24-19(21)22)11-23-14-8-4-6-12-7-5-9-25-15(12)14/h4,6,8,13H,5,7,9-11H2,1-3H3. The molecule has 0 N–H and O–H groups in total. The zero-order valence-corrected chi connectivity index (χ0v) is 15.5. The van der Waals surface area contributed by atoms with Gasteiger partial charge in [-0.2, -0.15) is 0 Å². The van der Waals surface area contributed by atoms with Crippen molar-refractivity contribution in [3.05, 3.63) is 38.8 Å². The van der Waals surface area contributed by atoms with Crippen molar-refractivity contribution in [2.24, 2.45) is 5.29 Å². The molecule has 1 aromatic carbocycles. The van der Waals surface area contributed by atoms with E-state index >= 15 is 0 Å². The second-order valence-electron chi connectivity index (χ2n) is 6.79. The Morgan fingerprint density at radius 3 is 2.84 bits per heavy atom. The highest BCUT2D eigenvalue weighted by atomic mass is 32.2. The van der Waals surface area contributed by atoms with Crippen LogP contribution in [0.3, 0.4) is 0 Å². The number of nitrogens with zero attached hydrogens (tertiary/aromatic N) is 3. The van der Waals surface area contributed by atoms with Crippen LogP contribution in [-0.4, -0.2) is 40.6 Å². The molecule has 0 fully saturated rings. The van der Waals surface area contributed by atoms with Gasteiger partial charge in [0.15, 0.2) is 6.10 Å². The van der Waals surface area contributed by atoms with Crippen LogP contribution in [0.4, 0.5) is 0 Å². The number of benzene rings is 1. The van der Waals surface area contributed by atoms with E-state index in [-0.39, 0.29) is 13.2 Å². The molecule has 0 saturated heterocycles. The van der Waals surface area contributed by atoms with Crippen LogP contribution >= 0.6 is 11.8 Å². The number of ether oxygens (including phenoxy) is 1. The molecule has 8 nitrogen and oxygen atoms in total. The normalized spacial score (nSPS) is 15.0. The summed E-state index contributed by atoms with van der Waals surface area (Å²) in [7, 11) is 0. The predicted octanol–water partition coefficient (Wildman–Crippen LogP) is 3.46. The van der Waals surface area contributed by atoms with Crippen molar-refractivity contribution in [1.82, 2.24) is 5.01 Å². The molecule has 0 amide bonds.